The molecule has 0 amide bonds. The summed E-state index contributed by atoms with van der Waals surface area (Å²) in [6.07, 6.45) is 0. The van der Waals surface area contributed by atoms with E-state index in [9.17, 15) is 0 Å². The van der Waals surface area contributed by atoms with Crippen LogP contribution in [-0.2, 0) is 0 Å². The Hall–Kier alpha value is -2.98. The average Bonchev–Trinajstić information content (AvgIpc) is 2.41. The first-order valence-corrected chi connectivity index (χ1v) is 5.30. The summed E-state index contributed by atoms with van der Waals surface area (Å²) in [5.74, 6) is 0. The van der Waals surface area contributed by atoms with Crippen LogP contribution < -0.4 is 11.1 Å². The molecule has 0 aliphatic rings. The zero-order valence-electron chi connectivity index (χ0n) is 9.51. The van der Waals surface area contributed by atoms with Crippen molar-refractivity contribution in [3.8, 4) is 12.1 Å². The van der Waals surface area contributed by atoms with Crippen molar-refractivity contribution in [1.29, 1.82) is 10.5 Å². The van der Waals surface area contributed by atoms with E-state index >= 15 is 0 Å². The molecule has 3 N–H and O–H groups in total. The number of nitriles is 2. The molecule has 0 aliphatic carbocycles. The fourth-order valence-electron chi connectivity index (χ4n) is 1.59. The number of rotatable bonds is 2. The number of hydrogen-bond donors (Lipinski definition) is 2. The van der Waals surface area contributed by atoms with Gasteiger partial charge in [-0.05, 0) is 30.3 Å². The molecule has 0 saturated heterocycles. The normalized spacial score (nSPS) is 9.22. The van der Waals surface area contributed by atoms with Crippen molar-refractivity contribution in [1.82, 2.24) is 0 Å². The lowest BCUT2D eigenvalue weighted by Gasteiger charge is -2.10. The van der Waals surface area contributed by atoms with Crippen LogP contribution in [0.3, 0.4) is 0 Å². The Morgan fingerprint density at radius 3 is 2.50 bits per heavy atom. The molecule has 2 rings (SSSR count). The van der Waals surface area contributed by atoms with E-state index in [2.05, 4.69) is 11.4 Å². The highest BCUT2D eigenvalue weighted by atomic mass is 14.9. The number of hydrogen-bond acceptors (Lipinski definition) is 4. The lowest BCUT2D eigenvalue weighted by molar-refractivity contribution is 1.46. The van der Waals surface area contributed by atoms with Gasteiger partial charge < -0.3 is 11.1 Å². The van der Waals surface area contributed by atoms with Crippen LogP contribution >= 0.6 is 0 Å². The zero-order valence-corrected chi connectivity index (χ0v) is 9.51. The summed E-state index contributed by atoms with van der Waals surface area (Å²) >= 11 is 0. The number of nitrogen functional groups attached to an aromatic ring is 1. The second-order valence-electron chi connectivity index (χ2n) is 3.70. The third-order valence-electron chi connectivity index (χ3n) is 2.50. The van der Waals surface area contributed by atoms with Crippen molar-refractivity contribution < 1.29 is 0 Å². The third-order valence-corrected chi connectivity index (χ3v) is 2.50. The molecule has 0 heterocycles. The predicted molar refractivity (Wildman–Crippen MR) is 70.0 cm³/mol. The smallest absolute Gasteiger partial charge is 0.101 e. The highest BCUT2D eigenvalue weighted by Gasteiger charge is 2.04. The maximum absolute atomic E-state index is 8.89. The van der Waals surface area contributed by atoms with E-state index in [-0.39, 0.29) is 0 Å². The second kappa shape index (κ2) is 4.90. The van der Waals surface area contributed by atoms with Crippen LogP contribution in [0.25, 0.3) is 0 Å². The van der Waals surface area contributed by atoms with Gasteiger partial charge >= 0.3 is 0 Å². The van der Waals surface area contributed by atoms with E-state index in [1.165, 1.54) is 0 Å². The number of nitrogens with two attached hydrogens (primary N) is 1. The van der Waals surface area contributed by atoms with Crippen LogP contribution in [0, 0.1) is 22.7 Å². The minimum Gasteiger partial charge on any atom is -0.396 e. The molecule has 18 heavy (non-hydrogen) atoms. The molecule has 0 aromatic heterocycles. The van der Waals surface area contributed by atoms with Gasteiger partial charge in [0.05, 0.1) is 28.6 Å². The summed E-state index contributed by atoms with van der Waals surface area (Å²) in [5.41, 5.74) is 8.68. The van der Waals surface area contributed by atoms with Gasteiger partial charge in [-0.1, -0.05) is 12.1 Å². The highest BCUT2D eigenvalue weighted by Crippen LogP contribution is 2.26. The SMILES string of the molecule is N#Cc1cccc(Nc2cccc(C#N)c2N)c1. The van der Waals surface area contributed by atoms with Crippen LogP contribution in [0.15, 0.2) is 42.5 Å². The molecule has 0 saturated carbocycles. The largest absolute Gasteiger partial charge is 0.396 e. The van der Waals surface area contributed by atoms with Crippen molar-refractivity contribution in [3.05, 3.63) is 53.6 Å². The number of benzene rings is 2. The van der Waals surface area contributed by atoms with E-state index < -0.39 is 0 Å². The van der Waals surface area contributed by atoms with Gasteiger partial charge in [-0.2, -0.15) is 10.5 Å². The monoisotopic (exact) mass is 234 g/mol. The topological polar surface area (TPSA) is 85.6 Å². The molecule has 0 radical (unpaired) electrons. The zero-order chi connectivity index (χ0) is 13.0. The minimum absolute atomic E-state index is 0.405. The first kappa shape index (κ1) is 11.5. The van der Waals surface area contributed by atoms with Gasteiger partial charge in [0.2, 0.25) is 0 Å². The highest BCUT2D eigenvalue weighted by molar-refractivity contribution is 5.77. The van der Waals surface area contributed by atoms with Gasteiger partial charge in [0, 0.05) is 5.69 Å². The van der Waals surface area contributed by atoms with Gasteiger partial charge in [0.15, 0.2) is 0 Å². The lowest BCUT2D eigenvalue weighted by atomic mass is 10.1. The Morgan fingerprint density at radius 1 is 1.00 bits per heavy atom. The molecule has 0 bridgehead atoms. The Morgan fingerprint density at radius 2 is 1.78 bits per heavy atom. The molecule has 2 aromatic rings. The van der Waals surface area contributed by atoms with Crippen LogP contribution in [0.1, 0.15) is 11.1 Å². The van der Waals surface area contributed by atoms with Crippen molar-refractivity contribution in [2.75, 3.05) is 11.1 Å². The fraction of sp³-hybridized carbons (Fsp3) is 0. The molecule has 0 fully saturated rings. The Labute approximate surface area is 105 Å². The first-order chi connectivity index (χ1) is 8.74. The first-order valence-electron chi connectivity index (χ1n) is 5.30. The molecule has 0 aliphatic heterocycles. The molecule has 86 valence electrons. The molecular formula is C14H10N4. The summed E-state index contributed by atoms with van der Waals surface area (Å²) in [7, 11) is 0. The lowest BCUT2D eigenvalue weighted by Crippen LogP contribution is -1.98. The van der Waals surface area contributed by atoms with Crippen molar-refractivity contribution in [2.24, 2.45) is 0 Å². The Balaban J connectivity index is 2.35. The molecule has 4 heteroatoms. The number of nitrogens with one attached hydrogen (secondary N) is 1. The molecule has 0 atom stereocenters. The predicted octanol–water partition coefficient (Wildman–Crippen LogP) is 2.76. The number of para-hydroxylation sites is 1. The molecule has 2 aromatic carbocycles. The molecule has 4 nitrogen and oxygen atoms in total. The van der Waals surface area contributed by atoms with Crippen LogP contribution in [0.2, 0.25) is 0 Å². The number of nitrogens with zero attached hydrogens (tertiary/aromatic N) is 2. The van der Waals surface area contributed by atoms with Crippen molar-refractivity contribution >= 4 is 17.1 Å². The summed E-state index contributed by atoms with van der Waals surface area (Å²) in [6, 6.07) is 16.4. The third kappa shape index (κ3) is 2.23. The summed E-state index contributed by atoms with van der Waals surface area (Å²) in [6.45, 7) is 0. The average molecular weight is 234 g/mol. The van der Waals surface area contributed by atoms with E-state index in [0.29, 0.717) is 22.5 Å². The van der Waals surface area contributed by atoms with Crippen molar-refractivity contribution in [2.45, 2.75) is 0 Å². The number of anilines is 3. The van der Waals surface area contributed by atoms with Crippen LogP contribution in [0.5, 0.6) is 0 Å². The Bertz CT molecular complexity index is 662. The van der Waals surface area contributed by atoms with Crippen LogP contribution in [0.4, 0.5) is 17.1 Å². The van der Waals surface area contributed by atoms with Gasteiger partial charge in [-0.15, -0.1) is 0 Å². The van der Waals surface area contributed by atoms with Gasteiger partial charge in [-0.3, -0.25) is 0 Å². The summed E-state index contributed by atoms with van der Waals surface area (Å²) in [4.78, 5) is 0. The summed E-state index contributed by atoms with van der Waals surface area (Å²) < 4.78 is 0. The van der Waals surface area contributed by atoms with E-state index in [1.807, 2.05) is 12.1 Å². The van der Waals surface area contributed by atoms with Gasteiger partial charge in [0.25, 0.3) is 0 Å². The van der Waals surface area contributed by atoms with Crippen molar-refractivity contribution in [3.63, 3.8) is 0 Å². The van der Waals surface area contributed by atoms with E-state index in [0.717, 1.165) is 5.69 Å². The summed E-state index contributed by atoms with van der Waals surface area (Å²) in [5, 5.41) is 20.8. The molecule has 0 spiro atoms. The van der Waals surface area contributed by atoms with Gasteiger partial charge in [0.1, 0.15) is 6.07 Å². The Kier molecular flexibility index (Phi) is 3.13. The maximum Gasteiger partial charge on any atom is 0.101 e. The van der Waals surface area contributed by atoms with E-state index in [1.54, 1.807) is 36.4 Å². The van der Waals surface area contributed by atoms with Crippen LogP contribution in [-0.4, -0.2) is 0 Å². The molecule has 0 unspecified atom stereocenters. The van der Waals surface area contributed by atoms with E-state index in [4.69, 9.17) is 16.3 Å². The minimum atomic E-state index is 0.405. The van der Waals surface area contributed by atoms with Gasteiger partial charge in [-0.25, -0.2) is 0 Å². The second-order valence-corrected chi connectivity index (χ2v) is 3.70. The standard InChI is InChI=1S/C14H10N4/c15-8-10-3-1-5-12(7-10)18-13-6-2-4-11(9-16)14(13)17/h1-7,18H,17H2. The fourth-order valence-corrected chi connectivity index (χ4v) is 1.59. The maximum atomic E-state index is 8.89. The molecular weight excluding hydrogens is 224 g/mol. The quantitative estimate of drug-likeness (QED) is 0.782.